The van der Waals surface area contributed by atoms with E-state index in [1.165, 1.54) is 0 Å². The monoisotopic (exact) mass is 540 g/mol. The first kappa shape index (κ1) is 36.1. The van der Waals surface area contributed by atoms with Gasteiger partial charge in [0.15, 0.2) is 0 Å². The summed E-state index contributed by atoms with van der Waals surface area (Å²) >= 11 is 0. The van der Waals surface area contributed by atoms with E-state index in [4.69, 9.17) is 30.6 Å². The molecule has 0 aliphatic rings. The van der Waals surface area contributed by atoms with Gasteiger partial charge in [-0.1, -0.05) is 0 Å². The van der Waals surface area contributed by atoms with Crippen LogP contribution in [0.25, 0.3) is 0 Å². The maximum atomic E-state index is 10.2. The Kier molecular flexibility index (Phi) is 25.4. The Morgan fingerprint density at radius 2 is 0.741 bits per heavy atom. The second kappa shape index (κ2) is 18.9. The van der Waals surface area contributed by atoms with Gasteiger partial charge in [0.25, 0.3) is 0 Å². The number of hydrogen-bond acceptors (Lipinski definition) is 6. The van der Waals surface area contributed by atoms with Crippen LogP contribution < -0.4 is 0 Å². The molecule has 0 radical (unpaired) electrons. The first-order valence-electron chi connectivity index (χ1n) is 5.64. The van der Waals surface area contributed by atoms with Crippen LogP contribution in [0.5, 0.6) is 0 Å². The zero-order valence-corrected chi connectivity index (χ0v) is 22.7. The molecule has 0 amide bonds. The van der Waals surface area contributed by atoms with Crippen LogP contribution in [0.1, 0.15) is 12.8 Å². The number of aliphatic carboxylic acids is 6. The molecular weight excluding hydrogens is 532 g/mol. The first-order chi connectivity index (χ1) is 10.9. The van der Waals surface area contributed by atoms with Crippen LogP contribution in [0.2, 0.25) is 0 Å². The minimum absolute atomic E-state index is 0. The Labute approximate surface area is 189 Å². The van der Waals surface area contributed by atoms with Crippen molar-refractivity contribution in [2.24, 2.45) is 0 Å². The van der Waals surface area contributed by atoms with Crippen LogP contribution in [-0.4, -0.2) is 66.5 Å². The van der Waals surface area contributed by atoms with Gasteiger partial charge in [0.1, 0.15) is 0 Å². The second-order valence-electron chi connectivity index (χ2n) is 3.77. The van der Waals surface area contributed by atoms with Gasteiger partial charge < -0.3 is 30.6 Å². The average molecular weight is 544 g/mol. The number of hydrogen-bond donors (Lipinski definition) is 6. The molecule has 0 aromatic heterocycles. The van der Waals surface area contributed by atoms with E-state index in [1.54, 1.807) is 0 Å². The standard InChI is InChI=1S/2C6H6O6.3Zn/c2*7-4(8)1-3(6(11)12)2-5(9)10;;;/h2*1H,2H2,(H,7,8)(H,9,10)(H,11,12);;;. The molecule has 0 bridgehead atoms. The van der Waals surface area contributed by atoms with Crippen molar-refractivity contribution in [3.05, 3.63) is 23.3 Å². The fourth-order valence-corrected chi connectivity index (χ4v) is 1.00. The molecule has 27 heavy (non-hydrogen) atoms. The molecule has 0 aromatic rings. The molecule has 12 nitrogen and oxygen atoms in total. The van der Waals surface area contributed by atoms with Crippen LogP contribution in [0.4, 0.5) is 0 Å². The van der Waals surface area contributed by atoms with Crippen molar-refractivity contribution in [2.45, 2.75) is 12.8 Å². The summed E-state index contributed by atoms with van der Waals surface area (Å²) < 4.78 is 0. The van der Waals surface area contributed by atoms with E-state index < -0.39 is 59.8 Å². The fourth-order valence-electron chi connectivity index (χ4n) is 1.00. The zero-order chi connectivity index (χ0) is 19.4. The van der Waals surface area contributed by atoms with Gasteiger partial charge in [-0.3, -0.25) is 9.59 Å². The maximum Gasteiger partial charge on any atom is 0.332 e. The van der Waals surface area contributed by atoms with Crippen LogP contribution in [0, 0.1) is 0 Å². The van der Waals surface area contributed by atoms with Crippen molar-refractivity contribution < 1.29 is 118 Å². The molecular formula is C12H12O12Zn3. The Morgan fingerprint density at radius 3 is 0.852 bits per heavy atom. The average Bonchev–Trinajstić information content (AvgIpc) is 2.35. The van der Waals surface area contributed by atoms with Gasteiger partial charge in [-0.15, -0.1) is 0 Å². The van der Waals surface area contributed by atoms with E-state index in [1.807, 2.05) is 0 Å². The summed E-state index contributed by atoms with van der Waals surface area (Å²) in [6.07, 6.45) is -0.893. The van der Waals surface area contributed by atoms with Crippen molar-refractivity contribution in [1.29, 1.82) is 0 Å². The van der Waals surface area contributed by atoms with Crippen LogP contribution in [-0.2, 0) is 87.2 Å². The third kappa shape index (κ3) is 24.2. The van der Waals surface area contributed by atoms with Crippen LogP contribution in [0.3, 0.4) is 0 Å². The molecule has 0 fully saturated rings. The molecule has 138 valence electrons. The molecule has 0 rings (SSSR count). The molecule has 0 spiro atoms. The Morgan fingerprint density at radius 1 is 0.519 bits per heavy atom. The van der Waals surface area contributed by atoms with Crippen LogP contribution in [0.15, 0.2) is 23.3 Å². The third-order valence-corrected chi connectivity index (χ3v) is 1.83. The summed E-state index contributed by atoms with van der Waals surface area (Å²) in [4.78, 5) is 60.3. The molecule has 0 aromatic carbocycles. The summed E-state index contributed by atoms with van der Waals surface area (Å²) in [5.41, 5.74) is -1.31. The van der Waals surface area contributed by atoms with E-state index in [9.17, 15) is 28.8 Å². The van der Waals surface area contributed by atoms with Gasteiger partial charge in [-0.25, -0.2) is 19.2 Å². The van der Waals surface area contributed by atoms with E-state index >= 15 is 0 Å². The molecule has 6 N–H and O–H groups in total. The second-order valence-corrected chi connectivity index (χ2v) is 3.77. The Balaban J connectivity index is -0.000000108. The van der Waals surface area contributed by atoms with E-state index in [-0.39, 0.29) is 58.4 Å². The van der Waals surface area contributed by atoms with Crippen molar-refractivity contribution >= 4 is 35.8 Å². The predicted octanol–water partition coefficient (Wildman–Crippen LogP) is -0.894. The molecule has 0 heterocycles. The van der Waals surface area contributed by atoms with Gasteiger partial charge in [0, 0.05) is 70.6 Å². The number of carboxylic acid groups (broad SMARTS) is 6. The fraction of sp³-hybridized carbons (Fsp3) is 0.167. The van der Waals surface area contributed by atoms with Gasteiger partial charge in [0.2, 0.25) is 0 Å². The summed E-state index contributed by atoms with van der Waals surface area (Å²) in [5, 5.41) is 49.1. The molecule has 15 heteroatoms. The Hall–Kier alpha value is -1.83. The van der Waals surface area contributed by atoms with Crippen LogP contribution >= 0.6 is 0 Å². The van der Waals surface area contributed by atoms with Crippen molar-refractivity contribution in [1.82, 2.24) is 0 Å². The number of carboxylic acids is 6. The summed E-state index contributed by atoms with van der Waals surface area (Å²) in [6.45, 7) is 0. The molecule has 0 atom stereocenters. The number of rotatable bonds is 8. The molecule has 0 saturated heterocycles. The molecule has 0 aliphatic carbocycles. The van der Waals surface area contributed by atoms with E-state index in [2.05, 4.69) is 0 Å². The van der Waals surface area contributed by atoms with E-state index in [0.717, 1.165) is 0 Å². The molecule has 0 unspecified atom stereocenters. The topological polar surface area (TPSA) is 224 Å². The largest absolute Gasteiger partial charge is 0.481 e. The minimum Gasteiger partial charge on any atom is -0.481 e. The Bertz CT molecular complexity index is 569. The van der Waals surface area contributed by atoms with Gasteiger partial charge in [0.05, 0.1) is 24.0 Å². The first-order valence-corrected chi connectivity index (χ1v) is 5.64. The molecule has 0 saturated carbocycles. The van der Waals surface area contributed by atoms with Crippen molar-refractivity contribution in [2.75, 3.05) is 0 Å². The number of carbonyl (C=O) groups is 6. The van der Waals surface area contributed by atoms with Crippen molar-refractivity contribution in [3.63, 3.8) is 0 Å². The maximum absolute atomic E-state index is 10.2. The summed E-state index contributed by atoms with van der Waals surface area (Å²) in [6, 6.07) is 0. The zero-order valence-electron chi connectivity index (χ0n) is 13.8. The SMILES string of the molecule is O=C(O)C=C(CC(=O)O)C(=O)O.O=C(O)C=C(CC(=O)O)C(=O)O.[Zn].[Zn].[Zn]. The predicted molar refractivity (Wildman–Crippen MR) is 71.2 cm³/mol. The van der Waals surface area contributed by atoms with Gasteiger partial charge in [-0.2, -0.15) is 0 Å². The van der Waals surface area contributed by atoms with E-state index in [0.29, 0.717) is 12.2 Å². The quantitative estimate of drug-likeness (QED) is 0.162. The van der Waals surface area contributed by atoms with Gasteiger partial charge in [-0.05, 0) is 0 Å². The smallest absolute Gasteiger partial charge is 0.332 e. The summed E-state index contributed by atoms with van der Waals surface area (Å²) in [7, 11) is 0. The van der Waals surface area contributed by atoms with Gasteiger partial charge >= 0.3 is 35.8 Å². The normalized spacial score (nSPS) is 9.63. The summed E-state index contributed by atoms with van der Waals surface area (Å²) in [5.74, 6) is -8.81. The van der Waals surface area contributed by atoms with Crippen molar-refractivity contribution in [3.8, 4) is 0 Å². The third-order valence-electron chi connectivity index (χ3n) is 1.83. The molecule has 0 aliphatic heterocycles. The minimum atomic E-state index is -1.54.